The van der Waals surface area contributed by atoms with Crippen LogP contribution in [0, 0.1) is 6.92 Å². The van der Waals surface area contributed by atoms with Crippen molar-refractivity contribution >= 4 is 23.5 Å². The largest absolute Gasteiger partial charge is 0.460 e. The van der Waals surface area contributed by atoms with Gasteiger partial charge in [-0.1, -0.05) is 18.2 Å². The van der Waals surface area contributed by atoms with E-state index in [2.05, 4.69) is 10.2 Å². The van der Waals surface area contributed by atoms with Crippen molar-refractivity contribution in [2.24, 2.45) is 10.2 Å². The number of hydrogen-bond acceptors (Lipinski definition) is 4. The third-order valence-electron chi connectivity index (χ3n) is 3.13. The van der Waals surface area contributed by atoms with Crippen LogP contribution in [0.3, 0.4) is 0 Å². The Morgan fingerprint density at radius 1 is 1.20 bits per heavy atom. The number of hydrogen-bond donors (Lipinski definition) is 0. The van der Waals surface area contributed by atoms with E-state index < -0.39 is 0 Å². The Balaban J connectivity index is 1.92. The SMILES string of the molecule is Cc1ccc(/C=N\N=C2\C(=O)N(C)c3ccccc32)o1. The van der Waals surface area contributed by atoms with Crippen molar-refractivity contribution in [3.63, 3.8) is 0 Å². The summed E-state index contributed by atoms with van der Waals surface area (Å²) in [5.74, 6) is 1.26. The van der Waals surface area contributed by atoms with Gasteiger partial charge in [-0.3, -0.25) is 4.79 Å². The van der Waals surface area contributed by atoms with Gasteiger partial charge in [-0.05, 0) is 25.1 Å². The number of para-hydroxylation sites is 1. The van der Waals surface area contributed by atoms with Gasteiger partial charge in [-0.2, -0.15) is 5.10 Å². The number of furan rings is 1. The van der Waals surface area contributed by atoms with Crippen LogP contribution in [0.4, 0.5) is 5.69 Å². The molecule has 1 aromatic heterocycles. The lowest BCUT2D eigenvalue weighted by atomic mass is 10.1. The molecule has 3 rings (SSSR count). The summed E-state index contributed by atoms with van der Waals surface area (Å²) >= 11 is 0. The first-order valence-electron chi connectivity index (χ1n) is 6.22. The zero-order chi connectivity index (χ0) is 14.1. The molecule has 1 aliphatic rings. The maximum atomic E-state index is 12.1. The minimum Gasteiger partial charge on any atom is -0.460 e. The van der Waals surface area contributed by atoms with Crippen molar-refractivity contribution in [3.05, 3.63) is 53.5 Å². The summed E-state index contributed by atoms with van der Waals surface area (Å²) in [5.41, 5.74) is 2.00. The van der Waals surface area contributed by atoms with Gasteiger partial charge in [0, 0.05) is 12.6 Å². The van der Waals surface area contributed by atoms with Gasteiger partial charge in [0.1, 0.15) is 11.5 Å². The molecule has 0 radical (unpaired) electrons. The van der Waals surface area contributed by atoms with Gasteiger partial charge in [0.05, 0.1) is 11.9 Å². The molecule has 0 bridgehead atoms. The van der Waals surface area contributed by atoms with Crippen molar-refractivity contribution in [1.82, 2.24) is 0 Å². The molecule has 5 heteroatoms. The summed E-state index contributed by atoms with van der Waals surface area (Å²) in [6.45, 7) is 1.86. The number of nitrogens with zero attached hydrogens (tertiary/aromatic N) is 3. The van der Waals surface area contributed by atoms with Crippen LogP contribution < -0.4 is 4.90 Å². The molecule has 0 saturated heterocycles. The molecule has 0 saturated carbocycles. The van der Waals surface area contributed by atoms with Crippen LogP contribution in [-0.4, -0.2) is 24.9 Å². The van der Waals surface area contributed by atoms with Gasteiger partial charge in [-0.25, -0.2) is 0 Å². The Bertz CT molecular complexity index is 728. The number of likely N-dealkylation sites (N-methyl/N-ethyl adjacent to an activating group) is 1. The Kier molecular flexibility index (Phi) is 2.95. The molecular formula is C15H13N3O2. The summed E-state index contributed by atoms with van der Waals surface area (Å²) < 4.78 is 5.35. The second-order valence-corrected chi connectivity index (χ2v) is 4.52. The maximum absolute atomic E-state index is 12.1. The number of aryl methyl sites for hydroxylation is 1. The average molecular weight is 267 g/mol. The fourth-order valence-electron chi connectivity index (χ4n) is 2.11. The van der Waals surface area contributed by atoms with Gasteiger partial charge in [-0.15, -0.1) is 5.10 Å². The van der Waals surface area contributed by atoms with Gasteiger partial charge in [0.15, 0.2) is 5.71 Å². The molecule has 0 spiro atoms. The minimum atomic E-state index is -0.154. The number of fused-ring (bicyclic) bond motifs is 1. The van der Waals surface area contributed by atoms with E-state index in [-0.39, 0.29) is 5.91 Å². The zero-order valence-corrected chi connectivity index (χ0v) is 11.2. The summed E-state index contributed by atoms with van der Waals surface area (Å²) in [4.78, 5) is 13.7. The van der Waals surface area contributed by atoms with E-state index >= 15 is 0 Å². The number of carbonyl (C=O) groups excluding carboxylic acids is 1. The van der Waals surface area contributed by atoms with Gasteiger partial charge < -0.3 is 9.32 Å². The molecule has 5 nitrogen and oxygen atoms in total. The molecule has 100 valence electrons. The van der Waals surface area contributed by atoms with Crippen molar-refractivity contribution in [2.75, 3.05) is 11.9 Å². The van der Waals surface area contributed by atoms with E-state index in [1.54, 1.807) is 18.0 Å². The predicted molar refractivity (Wildman–Crippen MR) is 77.4 cm³/mol. The summed E-state index contributed by atoms with van der Waals surface area (Å²) in [7, 11) is 1.73. The van der Waals surface area contributed by atoms with E-state index in [4.69, 9.17) is 4.42 Å². The average Bonchev–Trinajstić information content (AvgIpc) is 2.97. The van der Waals surface area contributed by atoms with Crippen LogP contribution in [0.1, 0.15) is 17.1 Å². The first-order chi connectivity index (χ1) is 9.66. The van der Waals surface area contributed by atoms with Crippen LogP contribution in [0.25, 0.3) is 0 Å². The van der Waals surface area contributed by atoms with E-state index in [0.29, 0.717) is 11.5 Å². The predicted octanol–water partition coefficient (Wildman–Crippen LogP) is 2.39. The molecule has 0 fully saturated rings. The molecule has 2 heterocycles. The Morgan fingerprint density at radius 3 is 2.75 bits per heavy atom. The number of rotatable bonds is 2. The highest BCUT2D eigenvalue weighted by atomic mass is 16.3. The molecule has 1 amide bonds. The molecule has 20 heavy (non-hydrogen) atoms. The highest BCUT2D eigenvalue weighted by Gasteiger charge is 2.30. The molecule has 1 aliphatic heterocycles. The van der Waals surface area contributed by atoms with Gasteiger partial charge in [0.2, 0.25) is 0 Å². The molecule has 1 aromatic carbocycles. The first kappa shape index (κ1) is 12.3. The standard InChI is InChI=1S/C15H13N3O2/c1-10-7-8-11(20-10)9-16-17-14-12-5-3-4-6-13(12)18(2)15(14)19/h3-9H,1-2H3/b16-9-,17-14+. The fraction of sp³-hybridized carbons (Fsp3) is 0.133. The number of benzene rings is 1. The molecule has 0 atom stereocenters. The Hall–Kier alpha value is -2.69. The quantitative estimate of drug-likeness (QED) is 0.619. The highest BCUT2D eigenvalue weighted by Crippen LogP contribution is 2.27. The highest BCUT2D eigenvalue weighted by molar-refractivity contribution is 6.54. The van der Waals surface area contributed by atoms with E-state index in [1.165, 1.54) is 6.21 Å². The lowest BCUT2D eigenvalue weighted by Gasteiger charge is -2.07. The number of carbonyl (C=O) groups is 1. The van der Waals surface area contributed by atoms with Crippen molar-refractivity contribution in [1.29, 1.82) is 0 Å². The smallest absolute Gasteiger partial charge is 0.279 e. The molecule has 0 aliphatic carbocycles. The Labute approximate surface area is 116 Å². The topological polar surface area (TPSA) is 58.2 Å². The van der Waals surface area contributed by atoms with E-state index in [9.17, 15) is 4.79 Å². The molecule has 0 N–H and O–H groups in total. The lowest BCUT2D eigenvalue weighted by molar-refractivity contribution is -0.111. The van der Waals surface area contributed by atoms with Gasteiger partial charge >= 0.3 is 0 Å². The summed E-state index contributed by atoms with van der Waals surface area (Å²) in [6.07, 6.45) is 1.49. The first-order valence-corrected chi connectivity index (χ1v) is 6.22. The summed E-state index contributed by atoms with van der Waals surface area (Å²) in [5, 5.41) is 7.98. The van der Waals surface area contributed by atoms with Crippen molar-refractivity contribution in [3.8, 4) is 0 Å². The van der Waals surface area contributed by atoms with E-state index in [0.717, 1.165) is 17.0 Å². The van der Waals surface area contributed by atoms with Crippen LogP contribution in [0.15, 0.2) is 51.0 Å². The zero-order valence-electron chi connectivity index (χ0n) is 11.2. The maximum Gasteiger partial charge on any atom is 0.279 e. The third kappa shape index (κ3) is 2.03. The molecule has 0 unspecified atom stereocenters. The number of anilines is 1. The summed E-state index contributed by atoms with van der Waals surface area (Å²) in [6, 6.07) is 11.2. The Morgan fingerprint density at radius 2 is 2.00 bits per heavy atom. The lowest BCUT2D eigenvalue weighted by Crippen LogP contribution is -2.25. The van der Waals surface area contributed by atoms with Crippen LogP contribution in [0.5, 0.6) is 0 Å². The normalized spacial score (nSPS) is 16.4. The van der Waals surface area contributed by atoms with Crippen molar-refractivity contribution in [2.45, 2.75) is 6.92 Å². The molecular weight excluding hydrogens is 254 g/mol. The fourth-order valence-corrected chi connectivity index (χ4v) is 2.11. The monoisotopic (exact) mass is 267 g/mol. The van der Waals surface area contributed by atoms with Gasteiger partial charge in [0.25, 0.3) is 5.91 Å². The van der Waals surface area contributed by atoms with Crippen LogP contribution in [-0.2, 0) is 4.79 Å². The molecule has 2 aromatic rings. The van der Waals surface area contributed by atoms with Crippen LogP contribution in [0.2, 0.25) is 0 Å². The second kappa shape index (κ2) is 4.77. The minimum absolute atomic E-state index is 0.154. The third-order valence-corrected chi connectivity index (χ3v) is 3.13. The van der Waals surface area contributed by atoms with Crippen LogP contribution >= 0.6 is 0 Å². The van der Waals surface area contributed by atoms with Crippen molar-refractivity contribution < 1.29 is 9.21 Å². The second-order valence-electron chi connectivity index (χ2n) is 4.52. The van der Waals surface area contributed by atoms with E-state index in [1.807, 2.05) is 37.3 Å². The number of amides is 1.